The van der Waals surface area contributed by atoms with Crippen molar-refractivity contribution >= 4 is 35.2 Å². The lowest BCUT2D eigenvalue weighted by atomic mass is 9.74. The van der Waals surface area contributed by atoms with Crippen LogP contribution >= 0.6 is 11.6 Å². The largest absolute Gasteiger partial charge is 0.491 e. The van der Waals surface area contributed by atoms with Gasteiger partial charge in [-0.25, -0.2) is 18.6 Å². The van der Waals surface area contributed by atoms with Gasteiger partial charge in [0.2, 0.25) is 5.91 Å². The number of benzene rings is 1. The third-order valence-corrected chi connectivity index (χ3v) is 6.39. The van der Waals surface area contributed by atoms with Gasteiger partial charge in [0.25, 0.3) is 12.3 Å². The Morgan fingerprint density at radius 1 is 1.24 bits per heavy atom. The minimum Gasteiger partial charge on any atom is -0.491 e. The van der Waals surface area contributed by atoms with Crippen LogP contribution in [0.4, 0.5) is 13.6 Å². The molecule has 3 amide bonds. The van der Waals surface area contributed by atoms with E-state index in [9.17, 15) is 28.3 Å². The molecule has 0 bridgehead atoms. The molecule has 4 rings (SSSR count). The fourth-order valence-corrected chi connectivity index (χ4v) is 4.70. The van der Waals surface area contributed by atoms with Gasteiger partial charge in [-0.1, -0.05) is 23.7 Å². The van der Waals surface area contributed by atoms with Gasteiger partial charge in [0, 0.05) is 42.8 Å². The molecule has 10 nitrogen and oxygen atoms in total. The molecule has 2 aliphatic rings. The molecule has 1 saturated heterocycles. The number of hydrazone groups is 1. The SMILES string of the molecule is O=C(O)NC(COc1cccc(Cl)c1)C(=O)N1CCC2=NN(CC(F)F)C(=O)C2(Cc2ccccn2)C1. The molecule has 13 heteroatoms. The van der Waals surface area contributed by atoms with Gasteiger partial charge in [-0.15, -0.1) is 0 Å². The topological polar surface area (TPSA) is 124 Å². The number of pyridine rings is 1. The van der Waals surface area contributed by atoms with E-state index in [1.807, 2.05) is 0 Å². The number of nitrogens with one attached hydrogen (secondary N) is 1. The number of amides is 3. The molecule has 0 aliphatic carbocycles. The lowest BCUT2D eigenvalue weighted by molar-refractivity contribution is -0.142. The zero-order chi connectivity index (χ0) is 26.6. The number of alkyl halides is 2. The van der Waals surface area contributed by atoms with Crippen LogP contribution in [0.2, 0.25) is 5.02 Å². The lowest BCUT2D eigenvalue weighted by Gasteiger charge is -2.40. The maximum atomic E-state index is 13.5. The molecular weight excluding hydrogens is 512 g/mol. The van der Waals surface area contributed by atoms with E-state index in [0.717, 1.165) is 5.01 Å². The molecule has 2 N–H and O–H groups in total. The van der Waals surface area contributed by atoms with Gasteiger partial charge in [-0.3, -0.25) is 14.6 Å². The number of carbonyl (C=O) groups excluding carboxylic acids is 2. The Kier molecular flexibility index (Phi) is 7.86. The van der Waals surface area contributed by atoms with Gasteiger partial charge in [0.05, 0.1) is 5.71 Å². The minimum absolute atomic E-state index is 0.0467. The number of halogens is 3. The number of hydrogen-bond acceptors (Lipinski definition) is 6. The molecule has 196 valence electrons. The van der Waals surface area contributed by atoms with Crippen molar-refractivity contribution in [3.8, 4) is 5.75 Å². The normalized spacial score (nSPS) is 19.9. The summed E-state index contributed by atoms with van der Waals surface area (Å²) in [5.41, 5.74) is -0.467. The van der Waals surface area contributed by atoms with Crippen LogP contribution < -0.4 is 10.1 Å². The fraction of sp³-hybridized carbons (Fsp3) is 0.375. The third-order valence-electron chi connectivity index (χ3n) is 6.16. The Balaban J connectivity index is 1.58. The van der Waals surface area contributed by atoms with Gasteiger partial charge in [-0.2, -0.15) is 5.10 Å². The molecule has 3 heterocycles. The summed E-state index contributed by atoms with van der Waals surface area (Å²) < 4.78 is 31.9. The average Bonchev–Trinajstić information content (AvgIpc) is 3.11. The lowest BCUT2D eigenvalue weighted by Crippen LogP contribution is -2.60. The quantitative estimate of drug-likeness (QED) is 0.509. The van der Waals surface area contributed by atoms with E-state index >= 15 is 0 Å². The number of likely N-dealkylation sites (tertiary alicyclic amines) is 1. The first-order chi connectivity index (χ1) is 17.7. The molecule has 37 heavy (non-hydrogen) atoms. The summed E-state index contributed by atoms with van der Waals surface area (Å²) >= 11 is 5.96. The summed E-state index contributed by atoms with van der Waals surface area (Å²) in [4.78, 5) is 43.9. The van der Waals surface area contributed by atoms with Crippen molar-refractivity contribution in [3.05, 3.63) is 59.4 Å². The zero-order valence-corrected chi connectivity index (χ0v) is 20.3. The summed E-state index contributed by atoms with van der Waals surface area (Å²) in [6, 6.07) is 10.2. The summed E-state index contributed by atoms with van der Waals surface area (Å²) in [5, 5.41) is 16.8. The van der Waals surface area contributed by atoms with E-state index in [1.54, 1.807) is 42.6 Å². The number of carbonyl (C=O) groups is 3. The Morgan fingerprint density at radius 3 is 2.73 bits per heavy atom. The van der Waals surface area contributed by atoms with Crippen LogP contribution in [0.1, 0.15) is 12.1 Å². The van der Waals surface area contributed by atoms with E-state index in [4.69, 9.17) is 16.3 Å². The molecule has 0 saturated carbocycles. The van der Waals surface area contributed by atoms with Crippen LogP contribution in [-0.2, 0) is 16.0 Å². The number of fused-ring (bicyclic) bond motifs is 1. The Labute approximate surface area is 215 Å². The molecule has 1 aromatic heterocycles. The van der Waals surface area contributed by atoms with E-state index in [-0.39, 0.29) is 32.5 Å². The fourth-order valence-electron chi connectivity index (χ4n) is 4.52. The van der Waals surface area contributed by atoms with Crippen LogP contribution in [0.15, 0.2) is 53.8 Å². The maximum Gasteiger partial charge on any atom is 0.405 e. The highest BCUT2D eigenvalue weighted by molar-refractivity contribution is 6.30. The van der Waals surface area contributed by atoms with Gasteiger partial charge >= 0.3 is 6.09 Å². The van der Waals surface area contributed by atoms with Crippen molar-refractivity contribution in [3.63, 3.8) is 0 Å². The van der Waals surface area contributed by atoms with Gasteiger partial charge in [0.1, 0.15) is 30.4 Å². The van der Waals surface area contributed by atoms with Gasteiger partial charge in [0.15, 0.2) is 0 Å². The summed E-state index contributed by atoms with van der Waals surface area (Å²) in [5.74, 6) is -0.932. The van der Waals surface area contributed by atoms with E-state index in [2.05, 4.69) is 15.4 Å². The van der Waals surface area contributed by atoms with Crippen molar-refractivity contribution in [2.24, 2.45) is 10.5 Å². The smallest absolute Gasteiger partial charge is 0.405 e. The Hall–Kier alpha value is -3.80. The van der Waals surface area contributed by atoms with Crippen molar-refractivity contribution in [2.75, 3.05) is 26.2 Å². The molecular formula is C24H24ClF2N5O5. The summed E-state index contributed by atoms with van der Waals surface area (Å²) in [7, 11) is 0. The van der Waals surface area contributed by atoms with E-state index < -0.39 is 42.3 Å². The number of ether oxygens (including phenoxy) is 1. The van der Waals surface area contributed by atoms with Crippen molar-refractivity contribution < 1.29 is 33.0 Å². The first-order valence-corrected chi connectivity index (χ1v) is 11.8. The number of carboxylic acid groups (broad SMARTS) is 1. The predicted octanol–water partition coefficient (Wildman–Crippen LogP) is 2.67. The summed E-state index contributed by atoms with van der Waals surface area (Å²) in [6.45, 7) is -1.25. The summed E-state index contributed by atoms with van der Waals surface area (Å²) in [6.07, 6.45) is -2.48. The number of aromatic nitrogens is 1. The van der Waals surface area contributed by atoms with Crippen molar-refractivity contribution in [2.45, 2.75) is 25.3 Å². The number of hydrogen-bond donors (Lipinski definition) is 2. The molecule has 2 aliphatic heterocycles. The third kappa shape index (κ3) is 5.96. The van der Waals surface area contributed by atoms with Crippen molar-refractivity contribution in [1.82, 2.24) is 20.2 Å². The van der Waals surface area contributed by atoms with Crippen molar-refractivity contribution in [1.29, 1.82) is 0 Å². The molecule has 0 radical (unpaired) electrons. The molecule has 0 spiro atoms. The second-order valence-corrected chi connectivity index (χ2v) is 9.12. The Morgan fingerprint density at radius 2 is 2.05 bits per heavy atom. The number of piperidine rings is 1. The molecule has 1 fully saturated rings. The highest BCUT2D eigenvalue weighted by Crippen LogP contribution is 2.38. The van der Waals surface area contributed by atoms with Crippen LogP contribution in [0.25, 0.3) is 0 Å². The molecule has 2 unspecified atom stereocenters. The Bertz CT molecular complexity index is 1200. The second kappa shape index (κ2) is 11.1. The average molecular weight is 536 g/mol. The highest BCUT2D eigenvalue weighted by atomic mass is 35.5. The molecule has 2 aromatic rings. The van der Waals surface area contributed by atoms with Crippen LogP contribution in [0.5, 0.6) is 5.75 Å². The standard InChI is InChI=1S/C24H24ClF2N5O5/c25-15-4-3-6-17(10-15)37-13-18(29-23(35)36)21(33)31-9-7-19-24(14-31,11-16-5-1-2-8-28-16)22(34)32(30-19)12-20(26)27/h1-6,8,10,18,20,29H,7,9,11-14H2,(H,35,36). The minimum atomic E-state index is -2.79. The second-order valence-electron chi connectivity index (χ2n) is 8.69. The van der Waals surface area contributed by atoms with Crippen LogP contribution in [-0.4, -0.2) is 82.3 Å². The maximum absolute atomic E-state index is 13.5. The highest BCUT2D eigenvalue weighted by Gasteiger charge is 2.55. The van der Waals surface area contributed by atoms with E-state index in [0.29, 0.717) is 22.2 Å². The molecule has 1 aromatic carbocycles. The first-order valence-electron chi connectivity index (χ1n) is 11.4. The van der Waals surface area contributed by atoms with Gasteiger partial charge in [-0.05, 0) is 30.3 Å². The number of nitrogens with zero attached hydrogens (tertiary/aromatic N) is 4. The predicted molar refractivity (Wildman–Crippen MR) is 129 cm³/mol. The number of rotatable bonds is 9. The first kappa shape index (κ1) is 26.3. The zero-order valence-electron chi connectivity index (χ0n) is 19.5. The monoisotopic (exact) mass is 535 g/mol. The van der Waals surface area contributed by atoms with Crippen LogP contribution in [0.3, 0.4) is 0 Å². The van der Waals surface area contributed by atoms with E-state index in [1.165, 1.54) is 11.0 Å². The molecule has 2 atom stereocenters. The van der Waals surface area contributed by atoms with Gasteiger partial charge < -0.3 is 20.1 Å². The van der Waals surface area contributed by atoms with Crippen LogP contribution in [0, 0.1) is 5.41 Å².